The van der Waals surface area contributed by atoms with Crippen molar-refractivity contribution < 1.29 is 14.7 Å². The van der Waals surface area contributed by atoms with Gasteiger partial charge in [-0.1, -0.05) is 18.2 Å². The first kappa shape index (κ1) is 10.8. The van der Waals surface area contributed by atoms with E-state index in [4.69, 9.17) is 0 Å². The van der Waals surface area contributed by atoms with Crippen molar-refractivity contribution in [3.8, 4) is 0 Å². The molecular formula is C12H13NO3. The van der Waals surface area contributed by atoms with Crippen molar-refractivity contribution in [1.82, 2.24) is 0 Å². The summed E-state index contributed by atoms with van der Waals surface area (Å²) < 4.78 is 0. The molecule has 2 rings (SSSR count). The highest BCUT2D eigenvalue weighted by molar-refractivity contribution is 6.07. The van der Waals surface area contributed by atoms with E-state index in [0.29, 0.717) is 11.3 Å². The number of ketones is 1. The minimum atomic E-state index is -1.70. The topological polar surface area (TPSA) is 66.4 Å². The monoisotopic (exact) mass is 219 g/mol. The summed E-state index contributed by atoms with van der Waals surface area (Å²) in [6, 6.07) is 5.28. The van der Waals surface area contributed by atoms with Gasteiger partial charge in [-0.2, -0.15) is 0 Å². The van der Waals surface area contributed by atoms with E-state index < -0.39 is 11.5 Å². The van der Waals surface area contributed by atoms with Crippen molar-refractivity contribution in [3.63, 3.8) is 0 Å². The molecule has 4 nitrogen and oxygen atoms in total. The molecule has 84 valence electrons. The van der Waals surface area contributed by atoms with E-state index in [-0.39, 0.29) is 12.2 Å². The highest BCUT2D eigenvalue weighted by Crippen LogP contribution is 2.39. The molecule has 0 saturated heterocycles. The predicted octanol–water partition coefficient (Wildman–Crippen LogP) is 1.11. The first-order chi connectivity index (χ1) is 7.45. The summed E-state index contributed by atoms with van der Waals surface area (Å²) in [6.45, 7) is 3.21. The fraction of sp³-hybridized carbons (Fsp3) is 0.333. The zero-order chi connectivity index (χ0) is 11.9. The molecule has 0 aliphatic carbocycles. The zero-order valence-corrected chi connectivity index (χ0v) is 9.20. The van der Waals surface area contributed by atoms with Gasteiger partial charge in [0, 0.05) is 12.0 Å². The minimum Gasteiger partial charge on any atom is -0.375 e. The number of Topliss-reactive ketones (excluding diaryl/α,β-unsaturated/α-hetero) is 1. The number of fused-ring (bicyclic) bond motifs is 1. The maximum absolute atomic E-state index is 11.7. The Balaban J connectivity index is 2.55. The molecule has 1 aliphatic rings. The number of para-hydroxylation sites is 1. The highest BCUT2D eigenvalue weighted by atomic mass is 16.3. The van der Waals surface area contributed by atoms with E-state index in [1.54, 1.807) is 12.1 Å². The van der Waals surface area contributed by atoms with Gasteiger partial charge in [0.05, 0.1) is 5.69 Å². The number of hydrogen-bond donors (Lipinski definition) is 2. The van der Waals surface area contributed by atoms with Crippen LogP contribution in [0.3, 0.4) is 0 Å². The van der Waals surface area contributed by atoms with Crippen LogP contribution < -0.4 is 5.32 Å². The van der Waals surface area contributed by atoms with Crippen LogP contribution >= 0.6 is 0 Å². The van der Waals surface area contributed by atoms with Crippen molar-refractivity contribution >= 4 is 17.4 Å². The lowest BCUT2D eigenvalue weighted by atomic mass is 9.89. The first-order valence-electron chi connectivity index (χ1n) is 5.08. The molecule has 0 bridgehead atoms. The van der Waals surface area contributed by atoms with Gasteiger partial charge in [-0.3, -0.25) is 9.59 Å². The summed E-state index contributed by atoms with van der Waals surface area (Å²) in [5.74, 6) is -0.737. The molecule has 1 aliphatic heterocycles. The van der Waals surface area contributed by atoms with E-state index >= 15 is 0 Å². The van der Waals surface area contributed by atoms with Gasteiger partial charge in [-0.15, -0.1) is 0 Å². The van der Waals surface area contributed by atoms with Gasteiger partial charge in [0.25, 0.3) is 5.91 Å². The lowest BCUT2D eigenvalue weighted by molar-refractivity contribution is -0.139. The number of hydrogen-bond acceptors (Lipinski definition) is 3. The van der Waals surface area contributed by atoms with Gasteiger partial charge in [-0.05, 0) is 19.4 Å². The summed E-state index contributed by atoms with van der Waals surface area (Å²) in [6.07, 6.45) is -0.185. The summed E-state index contributed by atoms with van der Waals surface area (Å²) in [5.41, 5.74) is 0.293. The van der Waals surface area contributed by atoms with Gasteiger partial charge in [0.1, 0.15) is 5.78 Å². The van der Waals surface area contributed by atoms with Gasteiger partial charge in [-0.25, -0.2) is 0 Å². The summed E-state index contributed by atoms with van der Waals surface area (Å²) in [7, 11) is 0. The Bertz CT molecular complexity index is 481. The molecule has 1 amide bonds. The average molecular weight is 219 g/mol. The maximum atomic E-state index is 11.7. The van der Waals surface area contributed by atoms with E-state index in [1.807, 2.05) is 13.0 Å². The van der Waals surface area contributed by atoms with Crippen molar-refractivity contribution in [2.75, 3.05) is 5.32 Å². The Kier molecular flexibility index (Phi) is 2.31. The van der Waals surface area contributed by atoms with Crippen LogP contribution in [0.5, 0.6) is 0 Å². The molecule has 1 aromatic carbocycles. The van der Waals surface area contributed by atoms with Crippen LogP contribution in [0.15, 0.2) is 18.2 Å². The fourth-order valence-corrected chi connectivity index (χ4v) is 2.05. The molecule has 0 saturated carbocycles. The smallest absolute Gasteiger partial charge is 0.261 e. The normalized spacial score (nSPS) is 22.8. The highest BCUT2D eigenvalue weighted by Gasteiger charge is 2.46. The molecular weight excluding hydrogens is 206 g/mol. The van der Waals surface area contributed by atoms with E-state index in [2.05, 4.69) is 5.32 Å². The molecule has 0 radical (unpaired) electrons. The number of anilines is 1. The lowest BCUT2D eigenvalue weighted by Crippen LogP contribution is -2.35. The van der Waals surface area contributed by atoms with E-state index in [9.17, 15) is 14.7 Å². The number of rotatable bonds is 2. The Labute approximate surface area is 93.3 Å². The number of benzene rings is 1. The van der Waals surface area contributed by atoms with Crippen LogP contribution in [-0.2, 0) is 15.2 Å². The van der Waals surface area contributed by atoms with Crippen molar-refractivity contribution in [2.24, 2.45) is 0 Å². The molecule has 16 heavy (non-hydrogen) atoms. The molecule has 2 N–H and O–H groups in total. The molecule has 1 unspecified atom stereocenters. The Hall–Kier alpha value is -1.68. The first-order valence-corrected chi connectivity index (χ1v) is 5.08. The second-order valence-corrected chi connectivity index (χ2v) is 4.19. The third-order valence-electron chi connectivity index (χ3n) is 2.84. The fourth-order valence-electron chi connectivity index (χ4n) is 2.05. The van der Waals surface area contributed by atoms with Crippen molar-refractivity contribution in [3.05, 3.63) is 29.3 Å². The van der Waals surface area contributed by atoms with E-state index in [1.165, 1.54) is 6.92 Å². The summed E-state index contributed by atoms with van der Waals surface area (Å²) in [4.78, 5) is 22.8. The number of aliphatic hydroxyl groups is 1. The quantitative estimate of drug-likeness (QED) is 0.783. The third-order valence-corrected chi connectivity index (χ3v) is 2.84. The molecule has 0 aromatic heterocycles. The lowest BCUT2D eigenvalue weighted by Gasteiger charge is -2.18. The summed E-state index contributed by atoms with van der Waals surface area (Å²) in [5, 5.41) is 12.9. The second-order valence-electron chi connectivity index (χ2n) is 4.19. The Morgan fingerprint density at radius 2 is 2.19 bits per heavy atom. The Morgan fingerprint density at radius 3 is 2.81 bits per heavy atom. The van der Waals surface area contributed by atoms with Crippen LogP contribution in [0.2, 0.25) is 0 Å². The largest absolute Gasteiger partial charge is 0.375 e. The number of nitrogens with one attached hydrogen (secondary N) is 1. The van der Waals surface area contributed by atoms with Crippen LogP contribution in [0.25, 0.3) is 0 Å². The molecule has 1 heterocycles. The van der Waals surface area contributed by atoms with Crippen molar-refractivity contribution in [1.29, 1.82) is 0 Å². The number of amides is 1. The summed E-state index contributed by atoms with van der Waals surface area (Å²) >= 11 is 0. The number of carbonyl (C=O) groups is 2. The molecule has 4 heteroatoms. The van der Waals surface area contributed by atoms with Gasteiger partial charge in [0.2, 0.25) is 0 Å². The molecule has 0 fully saturated rings. The SMILES string of the molecule is CC(=O)CC1(O)C(=O)Nc2c(C)cccc21. The van der Waals surface area contributed by atoms with E-state index in [0.717, 1.165) is 5.56 Å². The van der Waals surface area contributed by atoms with Crippen LogP contribution in [0.1, 0.15) is 24.5 Å². The zero-order valence-electron chi connectivity index (χ0n) is 9.20. The predicted molar refractivity (Wildman–Crippen MR) is 59.0 cm³/mol. The number of carbonyl (C=O) groups excluding carboxylic acids is 2. The average Bonchev–Trinajstić information content (AvgIpc) is 2.41. The molecule has 1 atom stereocenters. The third kappa shape index (κ3) is 1.42. The maximum Gasteiger partial charge on any atom is 0.261 e. The van der Waals surface area contributed by atoms with Gasteiger partial charge >= 0.3 is 0 Å². The molecule has 0 spiro atoms. The second kappa shape index (κ2) is 3.42. The molecule has 1 aromatic rings. The minimum absolute atomic E-state index is 0.185. The standard InChI is InChI=1S/C12H13NO3/c1-7-4-3-5-9-10(7)13-11(15)12(9,16)6-8(2)14/h3-5,16H,6H2,1-2H3,(H,13,15). The van der Waals surface area contributed by atoms with Gasteiger partial charge < -0.3 is 10.4 Å². The van der Waals surface area contributed by atoms with Crippen LogP contribution in [-0.4, -0.2) is 16.8 Å². The number of aryl methyl sites for hydroxylation is 1. The van der Waals surface area contributed by atoms with Crippen molar-refractivity contribution in [2.45, 2.75) is 25.9 Å². The van der Waals surface area contributed by atoms with Crippen LogP contribution in [0.4, 0.5) is 5.69 Å². The van der Waals surface area contributed by atoms with Gasteiger partial charge in [0.15, 0.2) is 5.60 Å². The van der Waals surface area contributed by atoms with Crippen LogP contribution in [0, 0.1) is 6.92 Å². The Morgan fingerprint density at radius 1 is 1.50 bits per heavy atom.